The summed E-state index contributed by atoms with van der Waals surface area (Å²) in [6, 6.07) is 5.73. The zero-order valence-electron chi connectivity index (χ0n) is 9.66. The number of aryl methyl sites for hydroxylation is 1. The van der Waals surface area contributed by atoms with Crippen LogP contribution in [0.3, 0.4) is 0 Å². The first-order valence-corrected chi connectivity index (χ1v) is 5.72. The van der Waals surface area contributed by atoms with Crippen LogP contribution in [0.5, 0.6) is 5.75 Å². The Morgan fingerprint density at radius 2 is 2.25 bits per heavy atom. The van der Waals surface area contributed by atoms with Crippen LogP contribution in [-0.2, 0) is 0 Å². The standard InChI is InChI=1S/C12H18ClNO2/c1-9-3-4-10(13)7-12(9)16-8-11(14-2)5-6-15/h3-4,7,11,14-15H,5-6,8H2,1-2H3. The molecule has 0 aliphatic heterocycles. The summed E-state index contributed by atoms with van der Waals surface area (Å²) in [6.07, 6.45) is 0.677. The Hall–Kier alpha value is -0.770. The molecule has 0 spiro atoms. The number of aliphatic hydroxyl groups excluding tert-OH is 1. The molecule has 0 bridgehead atoms. The van der Waals surface area contributed by atoms with Gasteiger partial charge in [0.2, 0.25) is 0 Å². The highest BCUT2D eigenvalue weighted by molar-refractivity contribution is 6.30. The van der Waals surface area contributed by atoms with E-state index in [1.54, 1.807) is 0 Å². The van der Waals surface area contributed by atoms with Gasteiger partial charge in [-0.1, -0.05) is 17.7 Å². The molecule has 1 atom stereocenters. The number of rotatable bonds is 6. The molecule has 4 heteroatoms. The molecule has 2 N–H and O–H groups in total. The molecule has 0 amide bonds. The summed E-state index contributed by atoms with van der Waals surface area (Å²) in [5.74, 6) is 0.797. The van der Waals surface area contributed by atoms with Crippen LogP contribution in [0.4, 0.5) is 0 Å². The van der Waals surface area contributed by atoms with E-state index in [9.17, 15) is 0 Å². The minimum Gasteiger partial charge on any atom is -0.492 e. The van der Waals surface area contributed by atoms with Crippen molar-refractivity contribution in [3.63, 3.8) is 0 Å². The normalized spacial score (nSPS) is 12.5. The largest absolute Gasteiger partial charge is 0.492 e. The van der Waals surface area contributed by atoms with Crippen LogP contribution >= 0.6 is 11.6 Å². The lowest BCUT2D eigenvalue weighted by atomic mass is 10.2. The van der Waals surface area contributed by atoms with Crippen LogP contribution in [0.1, 0.15) is 12.0 Å². The van der Waals surface area contributed by atoms with Gasteiger partial charge in [0, 0.05) is 17.7 Å². The van der Waals surface area contributed by atoms with Crippen molar-refractivity contribution in [3.8, 4) is 5.75 Å². The molecule has 1 rings (SSSR count). The lowest BCUT2D eigenvalue weighted by molar-refractivity contribution is 0.218. The van der Waals surface area contributed by atoms with E-state index >= 15 is 0 Å². The summed E-state index contributed by atoms with van der Waals surface area (Å²) in [6.45, 7) is 2.66. The molecule has 16 heavy (non-hydrogen) atoms. The Kier molecular flexibility index (Phi) is 5.60. The van der Waals surface area contributed by atoms with Gasteiger partial charge < -0.3 is 15.2 Å². The quantitative estimate of drug-likeness (QED) is 0.803. The second-order valence-corrected chi connectivity index (χ2v) is 4.16. The number of aliphatic hydroxyl groups is 1. The van der Waals surface area contributed by atoms with Crippen LogP contribution in [0, 0.1) is 6.92 Å². The predicted octanol–water partition coefficient (Wildman–Crippen LogP) is 2.00. The maximum Gasteiger partial charge on any atom is 0.123 e. The summed E-state index contributed by atoms with van der Waals surface area (Å²) in [7, 11) is 1.86. The summed E-state index contributed by atoms with van der Waals surface area (Å²) >= 11 is 5.89. The summed E-state index contributed by atoms with van der Waals surface area (Å²) in [5.41, 5.74) is 1.06. The van der Waals surface area contributed by atoms with Gasteiger partial charge in [-0.25, -0.2) is 0 Å². The first kappa shape index (κ1) is 13.3. The third-order valence-electron chi connectivity index (χ3n) is 2.48. The zero-order valence-corrected chi connectivity index (χ0v) is 10.4. The van der Waals surface area contributed by atoms with Gasteiger partial charge in [-0.3, -0.25) is 0 Å². The molecule has 1 unspecified atom stereocenters. The van der Waals surface area contributed by atoms with Crippen LogP contribution in [-0.4, -0.2) is 31.4 Å². The van der Waals surface area contributed by atoms with Crippen molar-refractivity contribution in [3.05, 3.63) is 28.8 Å². The number of nitrogens with one attached hydrogen (secondary N) is 1. The van der Waals surface area contributed by atoms with Crippen molar-refractivity contribution >= 4 is 11.6 Å². The van der Waals surface area contributed by atoms with Gasteiger partial charge in [0.15, 0.2) is 0 Å². The second kappa shape index (κ2) is 6.74. The van der Waals surface area contributed by atoms with E-state index in [1.165, 1.54) is 0 Å². The highest BCUT2D eigenvalue weighted by Gasteiger charge is 2.07. The fourth-order valence-electron chi connectivity index (χ4n) is 1.39. The first-order valence-electron chi connectivity index (χ1n) is 5.34. The predicted molar refractivity (Wildman–Crippen MR) is 66.2 cm³/mol. The highest BCUT2D eigenvalue weighted by Crippen LogP contribution is 2.22. The number of hydrogen-bond donors (Lipinski definition) is 2. The van der Waals surface area contributed by atoms with E-state index in [2.05, 4.69) is 5.32 Å². The molecule has 0 fully saturated rings. The number of hydrogen-bond acceptors (Lipinski definition) is 3. The molecule has 0 saturated carbocycles. The molecule has 0 aliphatic carbocycles. The third kappa shape index (κ3) is 4.00. The van der Waals surface area contributed by atoms with Gasteiger partial charge in [0.1, 0.15) is 12.4 Å². The Bertz CT molecular complexity index is 331. The summed E-state index contributed by atoms with van der Waals surface area (Å²) < 4.78 is 5.67. The van der Waals surface area contributed by atoms with E-state index in [0.717, 1.165) is 11.3 Å². The molecule has 1 aromatic rings. The van der Waals surface area contributed by atoms with Crippen LogP contribution in [0.2, 0.25) is 5.02 Å². The van der Waals surface area contributed by atoms with Gasteiger partial charge >= 0.3 is 0 Å². The molecule has 0 heterocycles. The summed E-state index contributed by atoms with van der Waals surface area (Å²) in [5, 5.41) is 12.6. The minimum absolute atomic E-state index is 0.156. The topological polar surface area (TPSA) is 41.5 Å². The van der Waals surface area contributed by atoms with E-state index < -0.39 is 0 Å². The number of halogens is 1. The Labute approximate surface area is 101 Å². The van der Waals surface area contributed by atoms with Crippen LogP contribution in [0.15, 0.2) is 18.2 Å². The summed E-state index contributed by atoms with van der Waals surface area (Å²) in [4.78, 5) is 0. The molecule has 0 saturated heterocycles. The molecule has 0 radical (unpaired) electrons. The van der Waals surface area contributed by atoms with Crippen molar-refractivity contribution in [2.24, 2.45) is 0 Å². The lowest BCUT2D eigenvalue weighted by Gasteiger charge is -2.17. The van der Waals surface area contributed by atoms with E-state index in [1.807, 2.05) is 32.2 Å². The van der Waals surface area contributed by atoms with Gasteiger partial charge in [-0.2, -0.15) is 0 Å². The fraction of sp³-hybridized carbons (Fsp3) is 0.500. The van der Waals surface area contributed by atoms with Crippen molar-refractivity contribution in [2.75, 3.05) is 20.3 Å². The fourth-order valence-corrected chi connectivity index (χ4v) is 1.55. The van der Waals surface area contributed by atoms with E-state index in [0.29, 0.717) is 18.1 Å². The van der Waals surface area contributed by atoms with Gasteiger partial charge in [-0.05, 0) is 38.1 Å². The van der Waals surface area contributed by atoms with Crippen LogP contribution < -0.4 is 10.1 Å². The molecular weight excluding hydrogens is 226 g/mol. The number of ether oxygens (including phenoxy) is 1. The van der Waals surface area contributed by atoms with Crippen molar-refractivity contribution in [1.82, 2.24) is 5.32 Å². The zero-order chi connectivity index (χ0) is 12.0. The Morgan fingerprint density at radius 1 is 1.50 bits per heavy atom. The maximum atomic E-state index is 8.85. The first-order chi connectivity index (χ1) is 7.67. The van der Waals surface area contributed by atoms with Crippen molar-refractivity contribution in [2.45, 2.75) is 19.4 Å². The van der Waals surface area contributed by atoms with Crippen molar-refractivity contribution in [1.29, 1.82) is 0 Å². The number of benzene rings is 1. The number of likely N-dealkylation sites (N-methyl/N-ethyl adjacent to an activating group) is 1. The molecule has 0 aliphatic rings. The SMILES string of the molecule is CNC(CCO)COc1cc(Cl)ccc1C. The highest BCUT2D eigenvalue weighted by atomic mass is 35.5. The molecule has 1 aromatic carbocycles. The monoisotopic (exact) mass is 243 g/mol. The average molecular weight is 244 g/mol. The maximum absolute atomic E-state index is 8.85. The van der Waals surface area contributed by atoms with Gasteiger partial charge in [-0.15, -0.1) is 0 Å². The molecule has 0 aromatic heterocycles. The molecular formula is C12H18ClNO2. The second-order valence-electron chi connectivity index (χ2n) is 3.72. The van der Waals surface area contributed by atoms with E-state index in [4.69, 9.17) is 21.4 Å². The van der Waals surface area contributed by atoms with E-state index in [-0.39, 0.29) is 12.6 Å². The minimum atomic E-state index is 0.156. The van der Waals surface area contributed by atoms with Crippen molar-refractivity contribution < 1.29 is 9.84 Å². The third-order valence-corrected chi connectivity index (χ3v) is 2.71. The smallest absolute Gasteiger partial charge is 0.123 e. The Morgan fingerprint density at radius 3 is 2.88 bits per heavy atom. The van der Waals surface area contributed by atoms with Crippen LogP contribution in [0.25, 0.3) is 0 Å². The molecule has 90 valence electrons. The van der Waals surface area contributed by atoms with Gasteiger partial charge in [0.05, 0.1) is 0 Å². The lowest BCUT2D eigenvalue weighted by Crippen LogP contribution is -2.32. The Balaban J connectivity index is 2.55. The van der Waals surface area contributed by atoms with Gasteiger partial charge in [0.25, 0.3) is 0 Å². The molecule has 3 nitrogen and oxygen atoms in total. The average Bonchev–Trinajstić information content (AvgIpc) is 2.28.